The van der Waals surface area contributed by atoms with Gasteiger partial charge in [0, 0.05) is 0 Å². The highest BCUT2D eigenvalue weighted by molar-refractivity contribution is 4.87. The van der Waals surface area contributed by atoms with Gasteiger partial charge >= 0.3 is 0 Å². The van der Waals surface area contributed by atoms with Gasteiger partial charge in [-0.1, -0.05) is 12.2 Å². The van der Waals surface area contributed by atoms with Crippen LogP contribution in [-0.2, 0) is 9.47 Å². The van der Waals surface area contributed by atoms with Crippen LogP contribution in [0.1, 0.15) is 0 Å². The maximum absolute atomic E-state index is 8.29. The van der Waals surface area contributed by atoms with Gasteiger partial charge in [0.25, 0.3) is 0 Å². The van der Waals surface area contributed by atoms with Crippen LogP contribution in [-0.4, -0.2) is 19.5 Å². The first-order valence-electron chi connectivity index (χ1n) is 2.71. The summed E-state index contributed by atoms with van der Waals surface area (Å²) >= 11 is 0. The highest BCUT2D eigenvalue weighted by atomic mass is 16.7. The Morgan fingerprint density at radius 3 is 2.33 bits per heavy atom. The molecule has 9 heavy (non-hydrogen) atoms. The summed E-state index contributed by atoms with van der Waals surface area (Å²) in [5, 5.41) is 8.29. The smallest absolute Gasteiger partial charge is 0.249 e. The molecule has 0 aromatic heterocycles. The fourth-order valence-electron chi connectivity index (χ4n) is 0.545. The van der Waals surface area contributed by atoms with Gasteiger partial charge < -0.3 is 9.47 Å². The van der Waals surface area contributed by atoms with Gasteiger partial charge in [-0.2, -0.15) is 5.26 Å². The second-order valence-corrected chi connectivity index (χ2v) is 1.60. The second kappa shape index (κ2) is 3.23. The summed E-state index contributed by atoms with van der Waals surface area (Å²) in [7, 11) is 0. The van der Waals surface area contributed by atoms with Crippen LogP contribution < -0.4 is 0 Å². The molecule has 1 aliphatic rings. The van der Waals surface area contributed by atoms with Crippen molar-refractivity contribution in [1.29, 1.82) is 5.26 Å². The summed E-state index contributed by atoms with van der Waals surface area (Å²) in [6.07, 6.45) is 2.98. The molecule has 48 valence electrons. The molecule has 0 fully saturated rings. The number of nitriles is 1. The maximum atomic E-state index is 8.29. The Labute approximate surface area is 53.5 Å². The van der Waals surface area contributed by atoms with E-state index in [9.17, 15) is 0 Å². The van der Waals surface area contributed by atoms with E-state index >= 15 is 0 Å². The Morgan fingerprint density at radius 2 is 1.89 bits per heavy atom. The fraction of sp³-hybridized carbons (Fsp3) is 0.500. The van der Waals surface area contributed by atoms with E-state index in [-0.39, 0.29) is 0 Å². The Kier molecular flexibility index (Phi) is 2.25. The van der Waals surface area contributed by atoms with Crippen LogP contribution in [0.3, 0.4) is 0 Å². The SMILES string of the molecule is N#CC1OCC=CCO1. The molecule has 0 bridgehead atoms. The van der Waals surface area contributed by atoms with E-state index in [4.69, 9.17) is 14.7 Å². The largest absolute Gasteiger partial charge is 0.336 e. The molecular weight excluding hydrogens is 118 g/mol. The fourth-order valence-corrected chi connectivity index (χ4v) is 0.545. The topological polar surface area (TPSA) is 42.2 Å². The first kappa shape index (κ1) is 6.27. The van der Waals surface area contributed by atoms with E-state index in [2.05, 4.69) is 0 Å². The Morgan fingerprint density at radius 1 is 1.33 bits per heavy atom. The van der Waals surface area contributed by atoms with Crippen molar-refractivity contribution in [2.24, 2.45) is 0 Å². The summed E-state index contributed by atoms with van der Waals surface area (Å²) in [4.78, 5) is 0. The van der Waals surface area contributed by atoms with Crippen molar-refractivity contribution in [3.05, 3.63) is 12.2 Å². The molecule has 0 aromatic carbocycles. The molecule has 0 aliphatic carbocycles. The van der Waals surface area contributed by atoms with Crippen molar-refractivity contribution in [2.45, 2.75) is 6.29 Å². The van der Waals surface area contributed by atoms with Crippen LogP contribution in [0.2, 0.25) is 0 Å². The first-order chi connectivity index (χ1) is 4.43. The predicted molar refractivity (Wildman–Crippen MR) is 30.4 cm³/mol. The number of rotatable bonds is 0. The van der Waals surface area contributed by atoms with Crippen molar-refractivity contribution in [3.8, 4) is 6.07 Å². The molecule has 0 saturated heterocycles. The molecule has 0 N–H and O–H groups in total. The van der Waals surface area contributed by atoms with Crippen LogP contribution in [0, 0.1) is 11.3 Å². The van der Waals surface area contributed by atoms with E-state index < -0.39 is 6.29 Å². The summed E-state index contributed by atoms with van der Waals surface area (Å²) in [6.45, 7) is 0.941. The van der Waals surface area contributed by atoms with Crippen LogP contribution in [0.25, 0.3) is 0 Å². The lowest BCUT2D eigenvalue weighted by molar-refractivity contribution is -0.0824. The van der Waals surface area contributed by atoms with Crippen molar-refractivity contribution in [2.75, 3.05) is 13.2 Å². The molecule has 0 unspecified atom stereocenters. The lowest BCUT2D eigenvalue weighted by Gasteiger charge is -2.04. The molecule has 0 atom stereocenters. The van der Waals surface area contributed by atoms with Crippen molar-refractivity contribution < 1.29 is 9.47 Å². The third-order valence-corrected chi connectivity index (χ3v) is 0.960. The monoisotopic (exact) mass is 125 g/mol. The Hall–Kier alpha value is -0.850. The number of hydrogen-bond acceptors (Lipinski definition) is 3. The summed E-state index contributed by atoms with van der Waals surface area (Å²) in [6, 6.07) is 1.86. The van der Waals surface area contributed by atoms with Gasteiger partial charge in [-0.15, -0.1) is 0 Å². The van der Waals surface area contributed by atoms with E-state index in [0.717, 1.165) is 0 Å². The van der Waals surface area contributed by atoms with Gasteiger partial charge in [-0.25, -0.2) is 0 Å². The lowest BCUT2D eigenvalue weighted by atomic mass is 10.5. The van der Waals surface area contributed by atoms with Gasteiger partial charge in [-0.3, -0.25) is 0 Å². The molecule has 3 heteroatoms. The third kappa shape index (κ3) is 1.84. The van der Waals surface area contributed by atoms with Crippen LogP contribution >= 0.6 is 0 Å². The minimum atomic E-state index is -0.681. The predicted octanol–water partition coefficient (Wildman–Crippen LogP) is 0.439. The standard InChI is InChI=1S/C6H7NO2/c7-5-6-8-3-1-2-4-9-6/h1-2,6H,3-4H2. The van der Waals surface area contributed by atoms with E-state index in [1.807, 2.05) is 18.2 Å². The number of ether oxygens (including phenoxy) is 2. The quantitative estimate of drug-likeness (QED) is 0.441. The first-order valence-corrected chi connectivity index (χ1v) is 2.71. The average molecular weight is 125 g/mol. The maximum Gasteiger partial charge on any atom is 0.249 e. The summed E-state index contributed by atoms with van der Waals surface area (Å²) < 4.78 is 9.76. The molecule has 1 rings (SSSR count). The van der Waals surface area contributed by atoms with Crippen molar-refractivity contribution in [1.82, 2.24) is 0 Å². The van der Waals surface area contributed by atoms with Gasteiger partial charge in [0.15, 0.2) is 0 Å². The van der Waals surface area contributed by atoms with Crippen molar-refractivity contribution in [3.63, 3.8) is 0 Å². The number of hydrogen-bond donors (Lipinski definition) is 0. The average Bonchev–Trinajstić information content (AvgIpc) is 2.13. The molecule has 1 heterocycles. The van der Waals surface area contributed by atoms with Crippen LogP contribution in [0.4, 0.5) is 0 Å². The van der Waals surface area contributed by atoms with Crippen LogP contribution in [0.5, 0.6) is 0 Å². The minimum Gasteiger partial charge on any atom is -0.336 e. The van der Waals surface area contributed by atoms with Crippen molar-refractivity contribution >= 4 is 0 Å². The zero-order valence-electron chi connectivity index (χ0n) is 4.91. The van der Waals surface area contributed by atoms with Gasteiger partial charge in [0.05, 0.1) is 13.2 Å². The normalized spacial score (nSPS) is 20.8. The van der Waals surface area contributed by atoms with Gasteiger partial charge in [0.1, 0.15) is 6.07 Å². The molecule has 0 amide bonds. The Bertz CT molecular complexity index is 138. The molecule has 0 aromatic rings. The number of nitrogens with zero attached hydrogens (tertiary/aromatic N) is 1. The summed E-state index contributed by atoms with van der Waals surface area (Å²) in [5.41, 5.74) is 0. The van der Waals surface area contributed by atoms with E-state index in [1.165, 1.54) is 0 Å². The lowest BCUT2D eigenvalue weighted by Crippen LogP contribution is -2.12. The Balaban J connectivity index is 2.37. The van der Waals surface area contributed by atoms with Gasteiger partial charge in [0.2, 0.25) is 6.29 Å². The molecular formula is C6H7NO2. The van der Waals surface area contributed by atoms with Gasteiger partial charge in [-0.05, 0) is 0 Å². The summed E-state index contributed by atoms with van der Waals surface area (Å²) in [5.74, 6) is 0. The minimum absolute atomic E-state index is 0.470. The highest BCUT2D eigenvalue weighted by Gasteiger charge is 2.06. The second-order valence-electron chi connectivity index (χ2n) is 1.60. The molecule has 0 radical (unpaired) electrons. The third-order valence-electron chi connectivity index (χ3n) is 0.960. The van der Waals surface area contributed by atoms with E-state index in [1.54, 1.807) is 0 Å². The molecule has 3 nitrogen and oxygen atoms in total. The zero-order chi connectivity index (χ0) is 6.53. The van der Waals surface area contributed by atoms with Crippen LogP contribution in [0.15, 0.2) is 12.2 Å². The van der Waals surface area contributed by atoms with E-state index in [0.29, 0.717) is 13.2 Å². The molecule has 0 spiro atoms. The zero-order valence-corrected chi connectivity index (χ0v) is 4.91. The highest BCUT2D eigenvalue weighted by Crippen LogP contribution is 1.97. The molecule has 1 aliphatic heterocycles. The molecule has 0 saturated carbocycles.